The van der Waals surface area contributed by atoms with Gasteiger partial charge in [-0.05, 0) is 35.7 Å². The zero-order chi connectivity index (χ0) is 13.7. The fourth-order valence-electron chi connectivity index (χ4n) is 1.94. The molecule has 0 atom stereocenters. The summed E-state index contributed by atoms with van der Waals surface area (Å²) in [6.45, 7) is 2.06. The Morgan fingerprint density at radius 1 is 1.11 bits per heavy atom. The van der Waals surface area contributed by atoms with E-state index in [-0.39, 0.29) is 11.7 Å². The lowest BCUT2D eigenvalue weighted by Crippen LogP contribution is -2.15. The average Bonchev–Trinajstić information content (AvgIpc) is 2.42. The molecule has 2 aromatic carbocycles. The van der Waals surface area contributed by atoms with Crippen molar-refractivity contribution in [3.63, 3.8) is 0 Å². The van der Waals surface area contributed by atoms with Gasteiger partial charge in [-0.25, -0.2) is 0 Å². The standard InChI is InChI=1S/C16H17NO2/c1-2-13-5-3-4-6-15(13)17-16(19)11-12-7-9-14(18)10-8-12/h3-10,18H,2,11H2,1H3,(H,17,19). The molecule has 0 fully saturated rings. The van der Waals surface area contributed by atoms with Crippen LogP contribution >= 0.6 is 0 Å². The van der Waals surface area contributed by atoms with E-state index in [0.29, 0.717) is 6.42 Å². The number of anilines is 1. The molecule has 0 spiro atoms. The van der Waals surface area contributed by atoms with Gasteiger partial charge in [0.1, 0.15) is 5.75 Å². The first-order valence-electron chi connectivity index (χ1n) is 6.34. The summed E-state index contributed by atoms with van der Waals surface area (Å²) in [5, 5.41) is 12.1. The zero-order valence-electron chi connectivity index (χ0n) is 10.9. The first kappa shape index (κ1) is 13.1. The van der Waals surface area contributed by atoms with Gasteiger partial charge in [-0.3, -0.25) is 4.79 Å². The minimum atomic E-state index is -0.0495. The Morgan fingerprint density at radius 2 is 1.79 bits per heavy atom. The number of para-hydroxylation sites is 1. The maximum absolute atomic E-state index is 12.0. The Kier molecular flexibility index (Phi) is 4.18. The maximum Gasteiger partial charge on any atom is 0.228 e. The Morgan fingerprint density at radius 3 is 2.47 bits per heavy atom. The van der Waals surface area contributed by atoms with Gasteiger partial charge in [-0.1, -0.05) is 37.3 Å². The van der Waals surface area contributed by atoms with E-state index >= 15 is 0 Å². The summed E-state index contributed by atoms with van der Waals surface area (Å²) in [4.78, 5) is 12.0. The molecule has 0 radical (unpaired) electrons. The molecule has 19 heavy (non-hydrogen) atoms. The van der Waals surface area contributed by atoms with Crippen molar-refractivity contribution < 1.29 is 9.90 Å². The largest absolute Gasteiger partial charge is 0.508 e. The molecule has 0 saturated carbocycles. The van der Waals surface area contributed by atoms with Crippen LogP contribution in [0.5, 0.6) is 5.75 Å². The number of nitrogens with one attached hydrogen (secondary N) is 1. The number of rotatable bonds is 4. The smallest absolute Gasteiger partial charge is 0.228 e. The molecule has 2 rings (SSSR count). The number of phenols is 1. The Hall–Kier alpha value is -2.29. The second-order valence-electron chi connectivity index (χ2n) is 4.40. The fourth-order valence-corrected chi connectivity index (χ4v) is 1.94. The summed E-state index contributed by atoms with van der Waals surface area (Å²) < 4.78 is 0. The normalized spacial score (nSPS) is 10.2. The van der Waals surface area contributed by atoms with Crippen LogP contribution in [0.15, 0.2) is 48.5 Å². The molecule has 3 nitrogen and oxygen atoms in total. The number of aromatic hydroxyl groups is 1. The first-order chi connectivity index (χ1) is 9.19. The average molecular weight is 255 g/mol. The third-order valence-corrected chi connectivity index (χ3v) is 2.97. The van der Waals surface area contributed by atoms with Gasteiger partial charge in [0.25, 0.3) is 0 Å². The predicted molar refractivity (Wildman–Crippen MR) is 76.3 cm³/mol. The summed E-state index contributed by atoms with van der Waals surface area (Å²) in [5.41, 5.74) is 2.87. The van der Waals surface area contributed by atoms with Crippen LogP contribution in [0.2, 0.25) is 0 Å². The van der Waals surface area contributed by atoms with Crippen molar-refractivity contribution in [2.24, 2.45) is 0 Å². The third kappa shape index (κ3) is 3.58. The van der Waals surface area contributed by atoms with Gasteiger partial charge >= 0.3 is 0 Å². The second-order valence-corrected chi connectivity index (χ2v) is 4.40. The van der Waals surface area contributed by atoms with Crippen LogP contribution in [0.25, 0.3) is 0 Å². The number of hydrogen-bond acceptors (Lipinski definition) is 2. The number of carbonyl (C=O) groups excluding carboxylic acids is 1. The summed E-state index contributed by atoms with van der Waals surface area (Å²) in [6.07, 6.45) is 1.19. The highest BCUT2D eigenvalue weighted by molar-refractivity contribution is 5.93. The van der Waals surface area contributed by atoms with E-state index < -0.39 is 0 Å². The lowest BCUT2D eigenvalue weighted by atomic mass is 10.1. The van der Waals surface area contributed by atoms with Gasteiger partial charge in [0, 0.05) is 5.69 Å². The molecule has 98 valence electrons. The van der Waals surface area contributed by atoms with Crippen LogP contribution in [0.1, 0.15) is 18.1 Å². The molecule has 0 aliphatic carbocycles. The van der Waals surface area contributed by atoms with Gasteiger partial charge in [0.2, 0.25) is 5.91 Å². The van der Waals surface area contributed by atoms with Crippen LogP contribution in [0.3, 0.4) is 0 Å². The molecule has 0 bridgehead atoms. The van der Waals surface area contributed by atoms with E-state index in [0.717, 1.165) is 23.2 Å². The van der Waals surface area contributed by atoms with Crippen molar-refractivity contribution in [1.82, 2.24) is 0 Å². The van der Waals surface area contributed by atoms with Crippen molar-refractivity contribution in [2.45, 2.75) is 19.8 Å². The fraction of sp³-hybridized carbons (Fsp3) is 0.188. The van der Waals surface area contributed by atoms with E-state index in [1.54, 1.807) is 24.3 Å². The van der Waals surface area contributed by atoms with E-state index in [9.17, 15) is 9.90 Å². The van der Waals surface area contributed by atoms with E-state index in [1.807, 2.05) is 24.3 Å². The summed E-state index contributed by atoms with van der Waals surface area (Å²) in [7, 11) is 0. The molecule has 0 unspecified atom stereocenters. The number of amides is 1. The van der Waals surface area contributed by atoms with E-state index in [1.165, 1.54) is 0 Å². The highest BCUT2D eigenvalue weighted by Crippen LogP contribution is 2.16. The number of carbonyl (C=O) groups is 1. The minimum Gasteiger partial charge on any atom is -0.508 e. The van der Waals surface area contributed by atoms with Crippen LogP contribution in [-0.4, -0.2) is 11.0 Å². The van der Waals surface area contributed by atoms with Gasteiger partial charge in [0.05, 0.1) is 6.42 Å². The summed E-state index contributed by atoms with van der Waals surface area (Å²) in [5.74, 6) is 0.159. The van der Waals surface area contributed by atoms with Gasteiger partial charge in [-0.15, -0.1) is 0 Å². The topological polar surface area (TPSA) is 49.3 Å². The molecule has 0 saturated heterocycles. The van der Waals surface area contributed by atoms with Gasteiger partial charge < -0.3 is 10.4 Å². The van der Waals surface area contributed by atoms with Crippen LogP contribution < -0.4 is 5.32 Å². The molecular weight excluding hydrogens is 238 g/mol. The van der Waals surface area contributed by atoms with Crippen molar-refractivity contribution in [3.8, 4) is 5.75 Å². The quantitative estimate of drug-likeness (QED) is 0.881. The molecule has 0 aliphatic rings. The number of aryl methyl sites for hydroxylation is 1. The van der Waals surface area contributed by atoms with Gasteiger partial charge in [-0.2, -0.15) is 0 Å². The van der Waals surface area contributed by atoms with Crippen LogP contribution in [0.4, 0.5) is 5.69 Å². The van der Waals surface area contributed by atoms with E-state index in [2.05, 4.69) is 12.2 Å². The first-order valence-corrected chi connectivity index (χ1v) is 6.34. The maximum atomic E-state index is 12.0. The second kappa shape index (κ2) is 6.05. The number of phenolic OH excluding ortho intramolecular Hbond substituents is 1. The summed E-state index contributed by atoms with van der Waals surface area (Å²) in [6, 6.07) is 14.5. The highest BCUT2D eigenvalue weighted by atomic mass is 16.3. The van der Waals surface area contributed by atoms with Gasteiger partial charge in [0.15, 0.2) is 0 Å². The van der Waals surface area contributed by atoms with Crippen molar-refractivity contribution >= 4 is 11.6 Å². The molecule has 2 N–H and O–H groups in total. The molecule has 3 heteroatoms. The lowest BCUT2D eigenvalue weighted by Gasteiger charge is -2.09. The Balaban J connectivity index is 2.03. The Bertz CT molecular complexity index is 561. The highest BCUT2D eigenvalue weighted by Gasteiger charge is 2.06. The number of hydrogen-bond donors (Lipinski definition) is 2. The minimum absolute atomic E-state index is 0.0495. The molecule has 1 amide bonds. The zero-order valence-corrected chi connectivity index (χ0v) is 10.9. The monoisotopic (exact) mass is 255 g/mol. The number of benzene rings is 2. The van der Waals surface area contributed by atoms with E-state index in [4.69, 9.17) is 0 Å². The van der Waals surface area contributed by atoms with Crippen molar-refractivity contribution in [3.05, 3.63) is 59.7 Å². The lowest BCUT2D eigenvalue weighted by molar-refractivity contribution is -0.115. The third-order valence-electron chi connectivity index (χ3n) is 2.97. The molecule has 0 heterocycles. The molecule has 2 aromatic rings. The predicted octanol–water partition coefficient (Wildman–Crippen LogP) is 3.14. The van der Waals surface area contributed by atoms with Crippen LogP contribution in [0, 0.1) is 0 Å². The van der Waals surface area contributed by atoms with Crippen molar-refractivity contribution in [1.29, 1.82) is 0 Å². The Labute approximate surface area is 112 Å². The SMILES string of the molecule is CCc1ccccc1NC(=O)Cc1ccc(O)cc1. The van der Waals surface area contributed by atoms with Crippen molar-refractivity contribution in [2.75, 3.05) is 5.32 Å². The van der Waals surface area contributed by atoms with Crippen LogP contribution in [-0.2, 0) is 17.6 Å². The molecule has 0 aliphatic heterocycles. The molecule has 0 aromatic heterocycles. The molecular formula is C16H17NO2. The summed E-state index contributed by atoms with van der Waals surface area (Å²) >= 11 is 0.